The number of amides is 3. The molecule has 3 heterocycles. The highest BCUT2D eigenvalue weighted by atomic mass is 16.2. The molecular formula is C19H24N3O3+. The second-order valence-corrected chi connectivity index (χ2v) is 7.95. The number of likely N-dealkylation sites (tertiary alicyclic amines) is 1. The molecule has 0 aromatic heterocycles. The van der Waals surface area contributed by atoms with E-state index in [-0.39, 0.29) is 23.8 Å². The van der Waals surface area contributed by atoms with Crippen LogP contribution in [0.25, 0.3) is 0 Å². The Morgan fingerprint density at radius 2 is 1.76 bits per heavy atom. The van der Waals surface area contributed by atoms with Gasteiger partial charge in [0.2, 0.25) is 17.4 Å². The molecule has 6 heteroatoms. The van der Waals surface area contributed by atoms with Crippen molar-refractivity contribution < 1.29 is 19.7 Å². The molecule has 1 aromatic rings. The lowest BCUT2D eigenvalue weighted by Gasteiger charge is -2.26. The third-order valence-electron chi connectivity index (χ3n) is 6.11. The van der Waals surface area contributed by atoms with Crippen LogP contribution in [0.2, 0.25) is 0 Å². The molecule has 3 amide bonds. The zero-order valence-electron chi connectivity index (χ0n) is 15.0. The Morgan fingerprint density at radius 1 is 1.08 bits per heavy atom. The van der Waals surface area contributed by atoms with Crippen molar-refractivity contribution in [2.24, 2.45) is 17.8 Å². The van der Waals surface area contributed by atoms with Gasteiger partial charge < -0.3 is 10.2 Å². The fourth-order valence-corrected chi connectivity index (χ4v) is 5.13. The largest absolute Gasteiger partial charge is 0.326 e. The number of nitrogens with two attached hydrogens (primary N) is 1. The van der Waals surface area contributed by atoms with Gasteiger partial charge in [-0.3, -0.25) is 19.3 Å². The first-order valence-corrected chi connectivity index (χ1v) is 8.85. The van der Waals surface area contributed by atoms with Gasteiger partial charge in [0.05, 0.1) is 5.69 Å². The lowest BCUT2D eigenvalue weighted by molar-refractivity contribution is -0.734. The minimum absolute atomic E-state index is 0.0603. The summed E-state index contributed by atoms with van der Waals surface area (Å²) in [5.41, 5.74) is 0.690. The van der Waals surface area contributed by atoms with E-state index >= 15 is 0 Å². The molecule has 2 N–H and O–H groups in total. The van der Waals surface area contributed by atoms with E-state index < -0.39 is 17.4 Å². The van der Waals surface area contributed by atoms with Crippen molar-refractivity contribution in [2.45, 2.75) is 31.8 Å². The maximum atomic E-state index is 13.3. The maximum absolute atomic E-state index is 13.3. The molecule has 1 aromatic carbocycles. The summed E-state index contributed by atoms with van der Waals surface area (Å²) < 4.78 is 0. The molecule has 0 saturated carbocycles. The van der Waals surface area contributed by atoms with E-state index in [2.05, 4.69) is 13.8 Å². The number of quaternary nitrogens is 1. The summed E-state index contributed by atoms with van der Waals surface area (Å²) >= 11 is 0. The molecule has 3 aliphatic rings. The van der Waals surface area contributed by atoms with Gasteiger partial charge in [0.15, 0.2) is 0 Å². The maximum Gasteiger partial charge on any atom is 0.293 e. The normalized spacial score (nSPS) is 33.8. The zero-order chi connectivity index (χ0) is 18.1. The van der Waals surface area contributed by atoms with Gasteiger partial charge in [-0.05, 0) is 12.0 Å². The van der Waals surface area contributed by atoms with Crippen molar-refractivity contribution in [1.82, 2.24) is 4.90 Å². The van der Waals surface area contributed by atoms with E-state index in [1.165, 1.54) is 11.9 Å². The van der Waals surface area contributed by atoms with Gasteiger partial charge >= 0.3 is 0 Å². The van der Waals surface area contributed by atoms with E-state index in [0.29, 0.717) is 5.92 Å². The van der Waals surface area contributed by atoms with Crippen LogP contribution in [0.1, 0.15) is 25.8 Å². The number of imide groups is 1. The topological polar surface area (TPSA) is 74.3 Å². The van der Waals surface area contributed by atoms with Gasteiger partial charge in [0, 0.05) is 26.1 Å². The van der Waals surface area contributed by atoms with Crippen LogP contribution in [0.5, 0.6) is 0 Å². The van der Waals surface area contributed by atoms with Gasteiger partial charge in [-0.25, -0.2) is 0 Å². The Bertz CT molecular complexity index is 790. The van der Waals surface area contributed by atoms with E-state index in [1.807, 2.05) is 29.6 Å². The first kappa shape index (κ1) is 16.3. The molecule has 1 spiro atoms. The number of likely N-dealkylation sites (N-methyl/N-ethyl adjacent to an activating group) is 1. The Balaban J connectivity index is 1.92. The molecule has 0 unspecified atom stereocenters. The number of anilines is 1. The predicted molar refractivity (Wildman–Crippen MR) is 91.5 cm³/mol. The van der Waals surface area contributed by atoms with Crippen molar-refractivity contribution in [1.29, 1.82) is 0 Å². The molecule has 25 heavy (non-hydrogen) atoms. The highest BCUT2D eigenvalue weighted by molar-refractivity contribution is 6.14. The van der Waals surface area contributed by atoms with Crippen LogP contribution in [0.15, 0.2) is 24.3 Å². The first-order chi connectivity index (χ1) is 11.8. The van der Waals surface area contributed by atoms with Crippen molar-refractivity contribution >= 4 is 23.4 Å². The van der Waals surface area contributed by atoms with Crippen molar-refractivity contribution in [3.63, 3.8) is 0 Å². The number of benzene rings is 1. The number of fused-ring (bicyclic) bond motifs is 4. The van der Waals surface area contributed by atoms with Gasteiger partial charge in [-0.2, -0.15) is 0 Å². The molecule has 4 atom stereocenters. The molecule has 2 saturated heterocycles. The highest BCUT2D eigenvalue weighted by Gasteiger charge is 2.74. The number of carbonyl (C=O) groups is 3. The van der Waals surface area contributed by atoms with E-state index in [1.54, 1.807) is 11.9 Å². The summed E-state index contributed by atoms with van der Waals surface area (Å²) in [6.07, 6.45) is 0.801. The Labute approximate surface area is 147 Å². The van der Waals surface area contributed by atoms with Crippen LogP contribution >= 0.6 is 0 Å². The SMILES string of the molecule is CC(C)C[C@H]1[NH2+][C@]2(C(=O)N(C)c3ccccc32)[C@@H]2C(=O)N(C)C(=O)[C@@H]21. The van der Waals surface area contributed by atoms with Crippen LogP contribution in [0, 0.1) is 17.8 Å². The summed E-state index contributed by atoms with van der Waals surface area (Å²) in [4.78, 5) is 42.0. The number of carbonyl (C=O) groups excluding carboxylic acids is 3. The number of hydrogen-bond donors (Lipinski definition) is 1. The molecule has 0 radical (unpaired) electrons. The summed E-state index contributed by atoms with van der Waals surface area (Å²) in [7, 11) is 3.29. The summed E-state index contributed by atoms with van der Waals surface area (Å²) in [5, 5.41) is 2.02. The monoisotopic (exact) mass is 342 g/mol. The van der Waals surface area contributed by atoms with Crippen molar-refractivity contribution in [2.75, 3.05) is 19.0 Å². The smallest absolute Gasteiger partial charge is 0.293 e. The first-order valence-electron chi connectivity index (χ1n) is 8.85. The van der Waals surface area contributed by atoms with Crippen molar-refractivity contribution in [3.8, 4) is 0 Å². The molecule has 6 nitrogen and oxygen atoms in total. The summed E-state index contributed by atoms with van der Waals surface area (Å²) in [6.45, 7) is 4.21. The van der Waals surface area contributed by atoms with Gasteiger partial charge in [-0.15, -0.1) is 0 Å². The predicted octanol–water partition coefficient (Wildman–Crippen LogP) is 0.0810. The minimum Gasteiger partial charge on any atom is -0.326 e. The lowest BCUT2D eigenvalue weighted by atomic mass is 9.76. The third-order valence-corrected chi connectivity index (χ3v) is 6.11. The van der Waals surface area contributed by atoms with E-state index in [0.717, 1.165) is 17.7 Å². The Morgan fingerprint density at radius 3 is 2.44 bits per heavy atom. The minimum atomic E-state index is -1.01. The van der Waals surface area contributed by atoms with Gasteiger partial charge in [0.25, 0.3) is 5.91 Å². The number of rotatable bonds is 2. The average molecular weight is 342 g/mol. The molecule has 0 bridgehead atoms. The van der Waals surface area contributed by atoms with Crippen LogP contribution in [-0.4, -0.2) is 42.8 Å². The van der Waals surface area contributed by atoms with Crippen LogP contribution in [0.3, 0.4) is 0 Å². The fourth-order valence-electron chi connectivity index (χ4n) is 5.13. The molecule has 2 fully saturated rings. The Hall–Kier alpha value is -2.21. The second-order valence-electron chi connectivity index (χ2n) is 7.95. The second kappa shape index (κ2) is 5.14. The molecule has 3 aliphatic heterocycles. The quantitative estimate of drug-likeness (QED) is 0.774. The lowest BCUT2D eigenvalue weighted by Crippen LogP contribution is -2.99. The van der Waals surface area contributed by atoms with Gasteiger partial charge in [0.1, 0.15) is 17.9 Å². The zero-order valence-corrected chi connectivity index (χ0v) is 15.0. The van der Waals surface area contributed by atoms with Crippen LogP contribution in [0.4, 0.5) is 5.69 Å². The summed E-state index contributed by atoms with van der Waals surface area (Å²) in [5.74, 6) is -1.12. The number of nitrogens with zero attached hydrogens (tertiary/aromatic N) is 2. The van der Waals surface area contributed by atoms with Crippen LogP contribution < -0.4 is 10.2 Å². The fraction of sp³-hybridized carbons (Fsp3) is 0.526. The number of hydrogen-bond acceptors (Lipinski definition) is 3. The van der Waals surface area contributed by atoms with E-state index in [9.17, 15) is 14.4 Å². The third kappa shape index (κ3) is 1.86. The summed E-state index contributed by atoms with van der Waals surface area (Å²) in [6, 6.07) is 7.57. The van der Waals surface area contributed by atoms with Gasteiger partial charge in [-0.1, -0.05) is 32.0 Å². The van der Waals surface area contributed by atoms with Crippen molar-refractivity contribution in [3.05, 3.63) is 29.8 Å². The molecular weight excluding hydrogens is 318 g/mol. The van der Waals surface area contributed by atoms with E-state index in [4.69, 9.17) is 0 Å². The standard InChI is InChI=1S/C19H23N3O3/c1-10(2)9-12-14-15(17(24)22(4)16(14)23)19(20-12)11-7-5-6-8-13(11)21(3)18(19)25/h5-8,10,12,14-15,20H,9H2,1-4H3/p+1/t12-,14-,15+,19+/m1/s1. The molecule has 4 rings (SSSR count). The number of para-hydroxylation sites is 1. The molecule has 0 aliphatic carbocycles. The average Bonchev–Trinajstić information content (AvgIpc) is 3.10. The Kier molecular flexibility index (Phi) is 3.35. The van der Waals surface area contributed by atoms with Crippen LogP contribution in [-0.2, 0) is 19.9 Å². The highest BCUT2D eigenvalue weighted by Crippen LogP contribution is 2.50. The molecule has 132 valence electrons.